The summed E-state index contributed by atoms with van der Waals surface area (Å²) < 4.78 is 4.55. The Labute approximate surface area is 102 Å². The summed E-state index contributed by atoms with van der Waals surface area (Å²) in [6, 6.07) is 0. The van der Waals surface area contributed by atoms with E-state index < -0.39 is 8.60 Å². The largest absolute Gasteiger partial charge is 2.00 e. The predicted molar refractivity (Wildman–Crippen MR) is 46.2 cm³/mol. The van der Waals surface area contributed by atoms with Crippen LogP contribution >= 0.6 is 8.60 Å². The van der Waals surface area contributed by atoms with Crippen LogP contribution in [-0.4, -0.2) is 6.61 Å². The predicted octanol–water partition coefficient (Wildman–Crippen LogP) is 1.16. The smallest absolute Gasteiger partial charge is 0.820 e. The summed E-state index contributed by atoms with van der Waals surface area (Å²) in [4.78, 5) is 20.2. The van der Waals surface area contributed by atoms with Gasteiger partial charge in [-0.15, -0.1) is 0 Å². The molecule has 74 valence electrons. The summed E-state index contributed by atoms with van der Waals surface area (Å²) in [5, 5.41) is 0. The molecule has 0 fully saturated rings. The molecule has 3 nitrogen and oxygen atoms in total. The maximum atomic E-state index is 10.1. The third kappa shape index (κ3) is 11.2. The van der Waals surface area contributed by atoms with E-state index in [0.29, 0.717) is 12.5 Å². The molecule has 0 amide bonds. The molecule has 0 aliphatic carbocycles. The molecule has 13 heavy (non-hydrogen) atoms. The fourth-order valence-corrected chi connectivity index (χ4v) is 1.40. The topological polar surface area (TPSA) is 55.3 Å². The minimum absolute atomic E-state index is 0. The van der Waals surface area contributed by atoms with E-state index in [2.05, 4.69) is 18.4 Å². The first kappa shape index (κ1) is 16.7. The van der Waals surface area contributed by atoms with E-state index in [1.807, 2.05) is 0 Å². The van der Waals surface area contributed by atoms with Gasteiger partial charge >= 0.3 is 27.3 Å². The molecule has 0 N–H and O–H groups in total. The molecule has 0 heterocycles. The molecule has 0 aromatic carbocycles. The van der Waals surface area contributed by atoms with Crippen LogP contribution in [-0.2, 0) is 31.8 Å². The van der Waals surface area contributed by atoms with Crippen LogP contribution in [0.1, 0.15) is 39.5 Å². The molecule has 0 saturated heterocycles. The Hall–Kier alpha value is 1.23. The zero-order valence-electron chi connectivity index (χ0n) is 8.49. The Balaban J connectivity index is 0. The van der Waals surface area contributed by atoms with E-state index >= 15 is 0 Å². The van der Waals surface area contributed by atoms with Gasteiger partial charge in [-0.25, -0.2) is 0 Å². The normalized spacial score (nSPS) is 12.7. The number of rotatable bonds is 7. The molecule has 0 bridgehead atoms. The van der Waals surface area contributed by atoms with E-state index in [1.54, 1.807) is 0 Å². The van der Waals surface area contributed by atoms with Crippen LogP contribution in [0, 0.1) is 5.92 Å². The Morgan fingerprint density at radius 2 is 1.92 bits per heavy atom. The van der Waals surface area contributed by atoms with E-state index in [9.17, 15) is 9.79 Å². The maximum absolute atomic E-state index is 10.1. The van der Waals surface area contributed by atoms with Gasteiger partial charge in [0.1, 0.15) is 0 Å². The van der Waals surface area contributed by atoms with Crippen LogP contribution in [0.5, 0.6) is 0 Å². The second-order valence-electron chi connectivity index (χ2n) is 2.94. The molecule has 0 aromatic rings. The van der Waals surface area contributed by atoms with Crippen LogP contribution < -0.4 is 9.79 Å². The van der Waals surface area contributed by atoms with Gasteiger partial charge in [-0.3, -0.25) is 0 Å². The number of hydrogen-bond donors (Lipinski definition) is 0. The van der Waals surface area contributed by atoms with Gasteiger partial charge < -0.3 is 14.3 Å². The maximum Gasteiger partial charge on any atom is 2.00 e. The van der Waals surface area contributed by atoms with E-state index in [-0.39, 0.29) is 27.3 Å². The fourth-order valence-electron chi connectivity index (χ4n) is 1.06. The quantitative estimate of drug-likeness (QED) is 0.524. The molecular formula is C8H17CdO3P. The molecule has 0 spiro atoms. The van der Waals surface area contributed by atoms with Crippen molar-refractivity contribution in [1.29, 1.82) is 0 Å². The van der Waals surface area contributed by atoms with Gasteiger partial charge in [0.05, 0.1) is 6.61 Å². The average Bonchev–Trinajstić information content (AvgIpc) is 2.05. The second kappa shape index (κ2) is 11.3. The Morgan fingerprint density at radius 3 is 2.31 bits per heavy atom. The Bertz CT molecular complexity index is 103. The SMILES string of the molecule is CCCCC(CC)COP([O-])[O-].[Cd+2]. The first-order valence-corrected chi connectivity index (χ1v) is 5.57. The molecule has 0 saturated carbocycles. The Kier molecular flexibility index (Phi) is 14.5. The van der Waals surface area contributed by atoms with Crippen molar-refractivity contribution >= 4 is 8.60 Å². The monoisotopic (exact) mass is 306 g/mol. The van der Waals surface area contributed by atoms with Gasteiger partial charge in [-0.2, -0.15) is 8.60 Å². The minimum Gasteiger partial charge on any atom is -0.820 e. The van der Waals surface area contributed by atoms with Crippen molar-refractivity contribution in [1.82, 2.24) is 0 Å². The van der Waals surface area contributed by atoms with Crippen LogP contribution in [0.4, 0.5) is 0 Å². The summed E-state index contributed by atoms with van der Waals surface area (Å²) >= 11 is 0. The van der Waals surface area contributed by atoms with Crippen molar-refractivity contribution in [2.45, 2.75) is 39.5 Å². The summed E-state index contributed by atoms with van der Waals surface area (Å²) in [5.41, 5.74) is 0. The van der Waals surface area contributed by atoms with Crippen molar-refractivity contribution < 1.29 is 41.6 Å². The van der Waals surface area contributed by atoms with Crippen molar-refractivity contribution in [2.24, 2.45) is 5.92 Å². The van der Waals surface area contributed by atoms with E-state index in [4.69, 9.17) is 0 Å². The number of hydrogen-bond acceptors (Lipinski definition) is 3. The van der Waals surface area contributed by atoms with Crippen LogP contribution in [0.25, 0.3) is 0 Å². The molecule has 0 aliphatic heterocycles. The zero-order chi connectivity index (χ0) is 9.40. The third-order valence-electron chi connectivity index (χ3n) is 1.96. The summed E-state index contributed by atoms with van der Waals surface area (Å²) in [5.74, 6) is 0.401. The Morgan fingerprint density at radius 1 is 1.31 bits per heavy atom. The summed E-state index contributed by atoms with van der Waals surface area (Å²) in [6.07, 6.45) is 4.36. The van der Waals surface area contributed by atoms with Crippen molar-refractivity contribution in [2.75, 3.05) is 6.61 Å². The van der Waals surface area contributed by atoms with Crippen molar-refractivity contribution in [3.63, 3.8) is 0 Å². The van der Waals surface area contributed by atoms with Gasteiger partial charge in [-0.05, 0) is 12.3 Å². The molecule has 0 rings (SSSR count). The van der Waals surface area contributed by atoms with Gasteiger partial charge in [0.15, 0.2) is 0 Å². The van der Waals surface area contributed by atoms with Crippen LogP contribution in [0.2, 0.25) is 0 Å². The molecule has 0 aromatic heterocycles. The molecule has 0 aliphatic rings. The molecule has 1 atom stereocenters. The first-order chi connectivity index (χ1) is 5.70. The third-order valence-corrected chi connectivity index (χ3v) is 2.32. The summed E-state index contributed by atoms with van der Waals surface area (Å²) in [6.45, 7) is 4.54. The summed E-state index contributed by atoms with van der Waals surface area (Å²) in [7, 11) is -2.65. The van der Waals surface area contributed by atoms with Crippen molar-refractivity contribution in [3.05, 3.63) is 0 Å². The zero-order valence-corrected chi connectivity index (χ0v) is 13.4. The number of unbranched alkanes of at least 4 members (excludes halogenated alkanes) is 1. The van der Waals surface area contributed by atoms with Gasteiger partial charge in [0.25, 0.3) is 0 Å². The van der Waals surface area contributed by atoms with E-state index in [0.717, 1.165) is 25.7 Å². The standard InChI is InChI=1S/C8H17O3P.Cd/c1-3-5-6-8(4-2)7-11-12(9)10;/h8H,3-7H2,1-2H3;/q-2;+2. The fraction of sp³-hybridized carbons (Fsp3) is 1.00. The van der Waals surface area contributed by atoms with Gasteiger partial charge in [0.2, 0.25) is 0 Å². The van der Waals surface area contributed by atoms with Crippen LogP contribution in [0.15, 0.2) is 0 Å². The molecule has 0 radical (unpaired) electrons. The van der Waals surface area contributed by atoms with Crippen molar-refractivity contribution in [3.8, 4) is 0 Å². The molecular weight excluding hydrogens is 287 g/mol. The van der Waals surface area contributed by atoms with Gasteiger partial charge in [-0.1, -0.05) is 33.1 Å². The average molecular weight is 305 g/mol. The molecule has 1 unspecified atom stereocenters. The van der Waals surface area contributed by atoms with Crippen LogP contribution in [0.3, 0.4) is 0 Å². The van der Waals surface area contributed by atoms with E-state index in [1.165, 1.54) is 0 Å². The minimum atomic E-state index is -2.65. The van der Waals surface area contributed by atoms with Gasteiger partial charge in [0, 0.05) is 0 Å². The second-order valence-corrected chi connectivity index (χ2v) is 3.64. The first-order valence-electron chi connectivity index (χ1n) is 4.48. The molecule has 5 heteroatoms.